The van der Waals surface area contributed by atoms with Crippen molar-refractivity contribution < 1.29 is 23.4 Å². The number of carbonyl (C=O) groups is 1. The molecule has 0 radical (unpaired) electrons. The van der Waals surface area contributed by atoms with Gasteiger partial charge in [-0.25, -0.2) is 9.79 Å². The Kier molecular flexibility index (Phi) is 8.80. The zero-order chi connectivity index (χ0) is 31.7. The van der Waals surface area contributed by atoms with Gasteiger partial charge in [-0.05, 0) is 64.8 Å². The predicted molar refractivity (Wildman–Crippen MR) is 177 cm³/mol. The monoisotopic (exact) mass is 704 g/mol. The van der Waals surface area contributed by atoms with Gasteiger partial charge in [0, 0.05) is 21.7 Å². The molecule has 0 fully saturated rings. The fourth-order valence-electron chi connectivity index (χ4n) is 5.14. The van der Waals surface area contributed by atoms with Crippen LogP contribution in [0.3, 0.4) is 0 Å². The lowest BCUT2D eigenvalue weighted by atomic mass is 9.93. The molecule has 0 unspecified atom stereocenters. The number of ether oxygens (including phenoxy) is 3. The van der Waals surface area contributed by atoms with E-state index in [1.807, 2.05) is 48.5 Å². The maximum absolute atomic E-state index is 14.2. The third kappa shape index (κ3) is 5.88. The van der Waals surface area contributed by atoms with Gasteiger partial charge in [0.1, 0.15) is 11.5 Å². The Bertz CT molecular complexity index is 2130. The molecule has 0 bridgehead atoms. The first kappa shape index (κ1) is 30.6. The van der Waals surface area contributed by atoms with E-state index in [1.54, 1.807) is 50.4 Å². The molecular weight excluding hydrogens is 680 g/mol. The Morgan fingerprint density at radius 1 is 1.02 bits per heavy atom. The van der Waals surface area contributed by atoms with Gasteiger partial charge in [-0.3, -0.25) is 9.36 Å². The Hall–Kier alpha value is -4.38. The van der Waals surface area contributed by atoms with Crippen LogP contribution in [-0.4, -0.2) is 31.4 Å². The number of nitrogens with zero attached hydrogens (tertiary/aromatic N) is 2. The Labute approximate surface area is 275 Å². The molecule has 45 heavy (non-hydrogen) atoms. The molecular formula is C34H26BrClN2O6S. The molecule has 0 spiro atoms. The molecule has 3 aromatic carbocycles. The van der Waals surface area contributed by atoms with E-state index in [9.17, 15) is 9.59 Å². The van der Waals surface area contributed by atoms with E-state index in [4.69, 9.17) is 35.2 Å². The number of aromatic nitrogens is 1. The topological polar surface area (TPSA) is 92.3 Å². The number of hydrogen-bond donors (Lipinski definition) is 0. The van der Waals surface area contributed by atoms with Crippen molar-refractivity contribution in [2.75, 3.05) is 20.8 Å². The number of hydrogen-bond acceptors (Lipinski definition) is 8. The van der Waals surface area contributed by atoms with Crippen molar-refractivity contribution in [3.8, 4) is 22.8 Å². The summed E-state index contributed by atoms with van der Waals surface area (Å²) in [4.78, 5) is 33.2. The van der Waals surface area contributed by atoms with Crippen molar-refractivity contribution in [3.05, 3.63) is 131 Å². The van der Waals surface area contributed by atoms with Crippen molar-refractivity contribution in [1.29, 1.82) is 0 Å². The number of methoxy groups -OCH3 is 2. The first-order valence-electron chi connectivity index (χ1n) is 13.9. The fourth-order valence-corrected chi connectivity index (χ4v) is 6.55. The number of thiazole rings is 1. The molecule has 6 rings (SSSR count). The normalized spacial score (nSPS) is 14.6. The first-order chi connectivity index (χ1) is 21.8. The van der Waals surface area contributed by atoms with Crippen LogP contribution in [0.5, 0.6) is 11.5 Å². The van der Waals surface area contributed by atoms with Crippen LogP contribution in [0.15, 0.2) is 103 Å². The smallest absolute Gasteiger partial charge is 0.338 e. The van der Waals surface area contributed by atoms with E-state index >= 15 is 0 Å². The van der Waals surface area contributed by atoms with Gasteiger partial charge in [0.15, 0.2) is 16.3 Å². The second-order valence-electron chi connectivity index (χ2n) is 9.88. The van der Waals surface area contributed by atoms with Crippen molar-refractivity contribution in [2.24, 2.45) is 4.99 Å². The van der Waals surface area contributed by atoms with Crippen molar-refractivity contribution in [1.82, 2.24) is 4.57 Å². The van der Waals surface area contributed by atoms with Crippen LogP contribution < -0.4 is 24.4 Å². The van der Waals surface area contributed by atoms with Crippen LogP contribution in [0.2, 0.25) is 5.02 Å². The lowest BCUT2D eigenvalue weighted by Gasteiger charge is -2.26. The molecule has 1 aliphatic rings. The molecule has 1 aliphatic heterocycles. The van der Waals surface area contributed by atoms with E-state index in [0.29, 0.717) is 54.2 Å². The van der Waals surface area contributed by atoms with Gasteiger partial charge in [0.25, 0.3) is 5.56 Å². The number of furan rings is 1. The minimum Gasteiger partial charge on any atom is -0.493 e. The highest BCUT2D eigenvalue weighted by molar-refractivity contribution is 9.10. The lowest BCUT2D eigenvalue weighted by molar-refractivity contribution is -0.138. The summed E-state index contributed by atoms with van der Waals surface area (Å²) < 4.78 is 25.4. The highest BCUT2D eigenvalue weighted by Crippen LogP contribution is 2.38. The number of fused-ring (bicyclic) bond motifs is 1. The highest BCUT2D eigenvalue weighted by atomic mass is 79.9. The third-order valence-corrected chi connectivity index (χ3v) is 9.42. The summed E-state index contributed by atoms with van der Waals surface area (Å²) in [6.45, 7) is 1.89. The van der Waals surface area contributed by atoms with Crippen LogP contribution in [0.1, 0.15) is 29.9 Å². The molecule has 5 aromatic rings. The van der Waals surface area contributed by atoms with Gasteiger partial charge >= 0.3 is 5.97 Å². The zero-order valence-electron chi connectivity index (χ0n) is 24.4. The largest absolute Gasteiger partial charge is 0.493 e. The Morgan fingerprint density at radius 2 is 1.80 bits per heavy atom. The molecule has 3 heterocycles. The Morgan fingerprint density at radius 3 is 2.51 bits per heavy atom. The summed E-state index contributed by atoms with van der Waals surface area (Å²) in [5.74, 6) is 1.47. The maximum Gasteiger partial charge on any atom is 0.338 e. The van der Waals surface area contributed by atoms with Crippen LogP contribution >= 0.6 is 38.9 Å². The summed E-state index contributed by atoms with van der Waals surface area (Å²) in [5, 5.41) is 0.556. The quantitative estimate of drug-likeness (QED) is 0.169. The van der Waals surface area contributed by atoms with Crippen LogP contribution in [0.25, 0.3) is 23.1 Å². The molecule has 11 heteroatoms. The number of esters is 1. The number of halogens is 2. The van der Waals surface area contributed by atoms with Gasteiger partial charge in [0.05, 0.1) is 47.7 Å². The number of carbonyl (C=O) groups excluding carboxylic acids is 1. The average Bonchev–Trinajstić information content (AvgIpc) is 3.65. The standard InChI is InChI=1S/C34H26BrClN2O6S/c1-4-43-33(40)29-30(19-8-6-5-7-9-19)37-34-38(31(29)21-11-14-26(41-2)27(17-21)42-3)32(39)28(45-34)18-22-12-15-25(44-22)20-10-13-23(35)24(36)16-20/h5-18,31H,4H2,1-3H3/b28-18-/t31-/m0/s1. The van der Waals surface area contributed by atoms with Gasteiger partial charge < -0.3 is 18.6 Å². The Balaban J connectivity index is 1.57. The predicted octanol–water partition coefficient (Wildman–Crippen LogP) is 6.63. The van der Waals surface area contributed by atoms with Crippen molar-refractivity contribution in [3.63, 3.8) is 0 Å². The van der Waals surface area contributed by atoms with Gasteiger partial charge in [-0.2, -0.15) is 0 Å². The summed E-state index contributed by atoms with van der Waals surface area (Å²) in [6.07, 6.45) is 1.68. The van der Waals surface area contributed by atoms with Gasteiger partial charge in [-0.15, -0.1) is 0 Å². The minimum absolute atomic E-state index is 0.151. The maximum atomic E-state index is 14.2. The number of benzene rings is 3. The SMILES string of the molecule is CCOC(=O)C1=C(c2ccccc2)N=c2s/c(=C\c3ccc(-c4ccc(Br)c(Cl)c4)o3)c(=O)n2[C@H]1c1ccc(OC)c(OC)c1. The zero-order valence-corrected chi connectivity index (χ0v) is 27.5. The van der Waals surface area contributed by atoms with Gasteiger partial charge in [0.2, 0.25) is 0 Å². The van der Waals surface area contributed by atoms with E-state index in [-0.39, 0.29) is 17.7 Å². The molecule has 0 amide bonds. The van der Waals surface area contributed by atoms with Crippen LogP contribution in [-0.2, 0) is 9.53 Å². The first-order valence-corrected chi connectivity index (χ1v) is 15.9. The van der Waals surface area contributed by atoms with Crippen molar-refractivity contribution in [2.45, 2.75) is 13.0 Å². The number of rotatable bonds is 8. The average molecular weight is 706 g/mol. The van der Waals surface area contributed by atoms with Crippen LogP contribution in [0.4, 0.5) is 0 Å². The minimum atomic E-state index is -0.866. The van der Waals surface area contributed by atoms with E-state index in [1.165, 1.54) is 23.0 Å². The summed E-state index contributed by atoms with van der Waals surface area (Å²) >= 11 is 10.9. The van der Waals surface area contributed by atoms with Crippen LogP contribution in [0, 0.1) is 0 Å². The third-order valence-electron chi connectivity index (χ3n) is 7.20. The summed E-state index contributed by atoms with van der Waals surface area (Å²) in [5.41, 5.74) is 2.46. The summed E-state index contributed by atoms with van der Waals surface area (Å²) in [7, 11) is 3.08. The van der Waals surface area contributed by atoms with E-state index in [0.717, 1.165) is 10.0 Å². The molecule has 8 nitrogen and oxygen atoms in total. The fraction of sp³-hybridized carbons (Fsp3) is 0.147. The molecule has 228 valence electrons. The second kappa shape index (κ2) is 12.9. The summed E-state index contributed by atoms with van der Waals surface area (Å²) in [6, 6.07) is 22.9. The lowest BCUT2D eigenvalue weighted by Crippen LogP contribution is -2.40. The highest BCUT2D eigenvalue weighted by Gasteiger charge is 2.35. The molecule has 0 aliphatic carbocycles. The van der Waals surface area contributed by atoms with E-state index in [2.05, 4.69) is 15.9 Å². The second-order valence-corrected chi connectivity index (χ2v) is 12.1. The molecule has 0 saturated heterocycles. The molecule has 0 saturated carbocycles. The molecule has 1 atom stereocenters. The molecule has 2 aromatic heterocycles. The van der Waals surface area contributed by atoms with Crippen molar-refractivity contribution >= 4 is 56.6 Å². The van der Waals surface area contributed by atoms with E-state index < -0.39 is 12.0 Å². The molecule has 0 N–H and O–H groups in total. The van der Waals surface area contributed by atoms with Gasteiger partial charge in [-0.1, -0.05) is 65.4 Å².